The van der Waals surface area contributed by atoms with Gasteiger partial charge in [0.05, 0.1) is 0 Å². The van der Waals surface area contributed by atoms with Gasteiger partial charge in [-0.05, 0) is 98.7 Å². The van der Waals surface area contributed by atoms with E-state index in [2.05, 4.69) is 20.8 Å². The molecular weight excluding hydrogens is 376 g/mol. The van der Waals surface area contributed by atoms with E-state index in [9.17, 15) is 0 Å². The smallest absolute Gasteiger partial charge is 0.0431 e. The lowest BCUT2D eigenvalue weighted by atomic mass is 9.58. The van der Waals surface area contributed by atoms with Crippen LogP contribution in [0.1, 0.15) is 136 Å². The number of rotatable bonds is 11. The van der Waals surface area contributed by atoms with Gasteiger partial charge in [0.25, 0.3) is 0 Å². The van der Waals surface area contributed by atoms with E-state index in [4.69, 9.17) is 5.11 Å². The summed E-state index contributed by atoms with van der Waals surface area (Å²) in [6.07, 6.45) is 26.1. The van der Waals surface area contributed by atoms with Gasteiger partial charge in [-0.3, -0.25) is 0 Å². The molecule has 0 aliphatic heterocycles. The Morgan fingerprint density at radius 2 is 1.16 bits per heavy atom. The Hall–Kier alpha value is -0.0400. The van der Waals surface area contributed by atoms with Crippen LogP contribution >= 0.6 is 0 Å². The zero-order chi connectivity index (χ0) is 22.1. The first-order chi connectivity index (χ1) is 15.2. The second-order valence-electron chi connectivity index (χ2n) is 12.1. The van der Waals surface area contributed by atoms with Gasteiger partial charge in [0, 0.05) is 6.61 Å². The van der Waals surface area contributed by atoms with E-state index >= 15 is 0 Å². The highest BCUT2D eigenvalue weighted by Crippen LogP contribution is 2.51. The summed E-state index contributed by atoms with van der Waals surface area (Å²) in [6, 6.07) is 0. The van der Waals surface area contributed by atoms with Gasteiger partial charge in [-0.2, -0.15) is 0 Å². The molecular formula is C30H56O. The lowest BCUT2D eigenvalue weighted by molar-refractivity contribution is 0.0286. The Bertz CT molecular complexity index is 465. The number of hydrogen-bond donors (Lipinski definition) is 1. The summed E-state index contributed by atoms with van der Waals surface area (Å²) in [4.78, 5) is 0. The normalized spacial score (nSPS) is 39.5. The van der Waals surface area contributed by atoms with Gasteiger partial charge < -0.3 is 5.11 Å². The van der Waals surface area contributed by atoms with E-state index in [0.717, 1.165) is 53.8 Å². The largest absolute Gasteiger partial charge is 0.396 e. The van der Waals surface area contributed by atoms with Gasteiger partial charge in [-0.1, -0.05) is 85.0 Å². The number of unbranched alkanes of at least 4 members (excludes halogenated alkanes) is 2. The average molecular weight is 433 g/mol. The molecule has 6 atom stereocenters. The van der Waals surface area contributed by atoms with E-state index in [1.165, 1.54) is 64.2 Å². The van der Waals surface area contributed by atoms with Crippen LogP contribution in [0.25, 0.3) is 0 Å². The van der Waals surface area contributed by atoms with Crippen LogP contribution in [-0.2, 0) is 0 Å². The van der Waals surface area contributed by atoms with Gasteiger partial charge >= 0.3 is 0 Å². The maximum atomic E-state index is 9.12. The molecule has 0 aromatic rings. The highest BCUT2D eigenvalue weighted by molar-refractivity contribution is 4.91. The van der Waals surface area contributed by atoms with Crippen molar-refractivity contribution in [3.05, 3.63) is 0 Å². The Labute approximate surface area is 195 Å². The van der Waals surface area contributed by atoms with Crippen molar-refractivity contribution in [2.24, 2.45) is 47.3 Å². The molecule has 6 unspecified atom stereocenters. The van der Waals surface area contributed by atoms with E-state index in [1.54, 1.807) is 44.9 Å². The van der Waals surface area contributed by atoms with E-state index in [1.807, 2.05) is 0 Å². The van der Waals surface area contributed by atoms with Crippen molar-refractivity contribution in [2.75, 3.05) is 6.61 Å². The third-order valence-corrected chi connectivity index (χ3v) is 10.4. The van der Waals surface area contributed by atoms with Crippen molar-refractivity contribution in [2.45, 2.75) is 136 Å². The molecule has 0 heterocycles. The Kier molecular flexibility index (Phi) is 11.2. The SMILES string of the molecule is CCCCC1CCC(C2CCC(C3CCC(CCCCO)CC3CC)CC2CC)CC1. The van der Waals surface area contributed by atoms with Gasteiger partial charge in [-0.15, -0.1) is 0 Å². The summed E-state index contributed by atoms with van der Waals surface area (Å²) in [5, 5.41) is 9.12. The van der Waals surface area contributed by atoms with Gasteiger partial charge in [0.2, 0.25) is 0 Å². The van der Waals surface area contributed by atoms with E-state index in [0.29, 0.717) is 6.61 Å². The summed E-state index contributed by atoms with van der Waals surface area (Å²) in [5.74, 6) is 8.21. The number of aliphatic hydroxyl groups is 1. The van der Waals surface area contributed by atoms with Crippen LogP contribution in [0, 0.1) is 47.3 Å². The van der Waals surface area contributed by atoms with Crippen LogP contribution in [0.3, 0.4) is 0 Å². The van der Waals surface area contributed by atoms with E-state index < -0.39 is 0 Å². The molecule has 3 rings (SSSR count). The summed E-state index contributed by atoms with van der Waals surface area (Å²) in [7, 11) is 0. The van der Waals surface area contributed by atoms with E-state index in [-0.39, 0.29) is 0 Å². The molecule has 0 bridgehead atoms. The minimum absolute atomic E-state index is 0.384. The molecule has 1 nitrogen and oxygen atoms in total. The zero-order valence-corrected chi connectivity index (χ0v) is 21.5. The van der Waals surface area contributed by atoms with Crippen molar-refractivity contribution in [1.29, 1.82) is 0 Å². The molecule has 3 fully saturated rings. The predicted molar refractivity (Wildman–Crippen MR) is 135 cm³/mol. The Morgan fingerprint density at radius 1 is 0.581 bits per heavy atom. The molecule has 31 heavy (non-hydrogen) atoms. The highest BCUT2D eigenvalue weighted by Gasteiger charge is 2.41. The lowest BCUT2D eigenvalue weighted by Gasteiger charge is -2.47. The molecule has 1 N–H and O–H groups in total. The quantitative estimate of drug-likeness (QED) is 0.323. The van der Waals surface area contributed by atoms with Crippen LogP contribution in [0.15, 0.2) is 0 Å². The maximum Gasteiger partial charge on any atom is 0.0431 e. The molecule has 0 spiro atoms. The molecule has 1 heteroatoms. The minimum Gasteiger partial charge on any atom is -0.396 e. The number of hydrogen-bond acceptors (Lipinski definition) is 1. The third-order valence-electron chi connectivity index (χ3n) is 10.4. The van der Waals surface area contributed by atoms with Crippen LogP contribution in [0.2, 0.25) is 0 Å². The average Bonchev–Trinajstić information content (AvgIpc) is 2.82. The van der Waals surface area contributed by atoms with Crippen molar-refractivity contribution in [3.63, 3.8) is 0 Å². The fraction of sp³-hybridized carbons (Fsp3) is 1.00. The maximum absolute atomic E-state index is 9.12. The highest BCUT2D eigenvalue weighted by atomic mass is 16.2. The van der Waals surface area contributed by atoms with Crippen molar-refractivity contribution in [3.8, 4) is 0 Å². The van der Waals surface area contributed by atoms with Crippen LogP contribution < -0.4 is 0 Å². The van der Waals surface area contributed by atoms with Crippen LogP contribution in [0.4, 0.5) is 0 Å². The summed E-state index contributed by atoms with van der Waals surface area (Å²) in [6.45, 7) is 7.70. The first-order valence-corrected chi connectivity index (χ1v) is 14.8. The molecule has 182 valence electrons. The van der Waals surface area contributed by atoms with Crippen molar-refractivity contribution in [1.82, 2.24) is 0 Å². The predicted octanol–water partition coefficient (Wildman–Crippen LogP) is 9.03. The van der Waals surface area contributed by atoms with Crippen LogP contribution in [-0.4, -0.2) is 11.7 Å². The second kappa shape index (κ2) is 13.6. The number of aliphatic hydroxyl groups excluding tert-OH is 1. The molecule has 0 radical (unpaired) electrons. The molecule has 3 saturated carbocycles. The van der Waals surface area contributed by atoms with Gasteiger partial charge in [0.1, 0.15) is 0 Å². The lowest BCUT2D eigenvalue weighted by Crippen LogP contribution is -2.38. The summed E-state index contributed by atoms with van der Waals surface area (Å²) < 4.78 is 0. The van der Waals surface area contributed by atoms with Gasteiger partial charge in [-0.25, -0.2) is 0 Å². The van der Waals surface area contributed by atoms with Crippen molar-refractivity contribution >= 4 is 0 Å². The first-order valence-electron chi connectivity index (χ1n) is 14.8. The Morgan fingerprint density at radius 3 is 1.84 bits per heavy atom. The first kappa shape index (κ1) is 25.6. The second-order valence-corrected chi connectivity index (χ2v) is 12.1. The van der Waals surface area contributed by atoms with Crippen molar-refractivity contribution < 1.29 is 5.11 Å². The molecule has 3 aliphatic carbocycles. The molecule has 3 aliphatic rings. The molecule has 0 aromatic carbocycles. The Balaban J connectivity index is 1.49. The fourth-order valence-electron chi connectivity index (χ4n) is 8.48. The fourth-order valence-corrected chi connectivity index (χ4v) is 8.48. The van der Waals surface area contributed by atoms with Gasteiger partial charge in [0.15, 0.2) is 0 Å². The zero-order valence-electron chi connectivity index (χ0n) is 21.5. The molecule has 0 amide bonds. The molecule has 0 saturated heterocycles. The molecule has 0 aromatic heterocycles. The monoisotopic (exact) mass is 432 g/mol. The summed E-state index contributed by atoms with van der Waals surface area (Å²) >= 11 is 0. The third kappa shape index (κ3) is 7.22. The van der Waals surface area contributed by atoms with Crippen LogP contribution in [0.5, 0.6) is 0 Å². The summed E-state index contributed by atoms with van der Waals surface area (Å²) in [5.41, 5.74) is 0. The minimum atomic E-state index is 0.384. The standard InChI is InChI=1S/C30H56O/c1-4-7-10-23-12-15-27(16-13-23)29-19-17-28(22-26(29)6-3)30-18-14-24(11-8-9-20-31)21-25(30)5-2/h23-31H,4-22H2,1-3H3. The topological polar surface area (TPSA) is 20.2 Å².